The fourth-order valence-corrected chi connectivity index (χ4v) is 10.4. The number of thioether (sulfide) groups is 1. The molecular formula is C48H45N3O6S3. The monoisotopic (exact) mass is 855 g/mol. The lowest BCUT2D eigenvalue weighted by molar-refractivity contribution is -0.245. The van der Waals surface area contributed by atoms with Gasteiger partial charge in [-0.05, 0) is 77.1 Å². The smallest absolute Gasteiger partial charge is 0.241 e. The first-order chi connectivity index (χ1) is 29.2. The van der Waals surface area contributed by atoms with Gasteiger partial charge in [-0.1, -0.05) is 139 Å². The van der Waals surface area contributed by atoms with Crippen LogP contribution in [0.15, 0.2) is 161 Å². The number of hydrogen-bond donors (Lipinski definition) is 3. The predicted octanol–water partition coefficient (Wildman–Crippen LogP) is 9.31. The molecule has 0 unspecified atom stereocenters. The Hall–Kier alpha value is -5.18. The third kappa shape index (κ3) is 10.4. The van der Waals surface area contributed by atoms with Crippen LogP contribution in [0.2, 0.25) is 0 Å². The lowest BCUT2D eigenvalue weighted by Gasteiger charge is -2.36. The quantitative estimate of drug-likeness (QED) is 0.0872. The van der Waals surface area contributed by atoms with Crippen molar-refractivity contribution in [3.63, 3.8) is 0 Å². The minimum Gasteiger partial charge on any atom is -0.392 e. The number of benzene rings is 6. The van der Waals surface area contributed by atoms with Crippen molar-refractivity contribution in [2.75, 3.05) is 5.75 Å². The largest absolute Gasteiger partial charge is 0.392 e. The summed E-state index contributed by atoms with van der Waals surface area (Å²) in [5.41, 5.74) is 8.37. The van der Waals surface area contributed by atoms with E-state index >= 15 is 0 Å². The molecule has 1 aromatic heterocycles. The highest BCUT2D eigenvalue weighted by atomic mass is 32.2. The number of para-hydroxylation sites is 1. The number of nitrogens with one attached hydrogen (secondary N) is 2. The van der Waals surface area contributed by atoms with E-state index in [1.807, 2.05) is 128 Å². The lowest BCUT2D eigenvalue weighted by Crippen LogP contribution is -2.47. The molecule has 0 aliphatic carbocycles. The zero-order valence-corrected chi connectivity index (χ0v) is 35.4. The van der Waals surface area contributed by atoms with Gasteiger partial charge >= 0.3 is 0 Å². The summed E-state index contributed by atoms with van der Waals surface area (Å²) in [4.78, 5) is 18.6. The Kier molecular flexibility index (Phi) is 13.2. The van der Waals surface area contributed by atoms with Crippen molar-refractivity contribution >= 4 is 49.2 Å². The van der Waals surface area contributed by atoms with Crippen LogP contribution < -0.4 is 10.0 Å². The second-order valence-corrected chi connectivity index (χ2v) is 18.8. The van der Waals surface area contributed by atoms with Crippen molar-refractivity contribution in [3.8, 4) is 11.1 Å². The standard InChI is InChI=1S/C48H45N3O6S3/c1-32-14-24-41(25-15-32)60(54,55)51-43(27-33-8-3-2-4-9-33)46(53)49-29-35-10-7-11-39(26-35)36-20-22-38(23-21-36)47-56-40(28-44(57-47)37-18-16-34(30-52)17-19-37)31-58-48-50-42-12-5-6-13-45(42)59-48/h2-26,40,43-44,47,51-52H,27-31H2,1H3,(H,49,53)/t40-,43+,44+,47+/m0/s1. The number of ether oxygens (including phenoxy) is 2. The highest BCUT2D eigenvalue weighted by Gasteiger charge is 2.33. The van der Waals surface area contributed by atoms with Gasteiger partial charge in [0.25, 0.3) is 0 Å². The van der Waals surface area contributed by atoms with Crippen LogP contribution in [0.3, 0.4) is 0 Å². The van der Waals surface area contributed by atoms with Crippen molar-refractivity contribution in [3.05, 3.63) is 185 Å². The number of rotatable bonds is 15. The zero-order valence-electron chi connectivity index (χ0n) is 32.9. The number of nitrogens with zero attached hydrogens (tertiary/aromatic N) is 1. The van der Waals surface area contributed by atoms with Gasteiger partial charge in [0.1, 0.15) is 6.04 Å². The number of aryl methyl sites for hydroxylation is 1. The summed E-state index contributed by atoms with van der Waals surface area (Å²) in [5, 5.41) is 12.6. The number of hydrogen-bond acceptors (Lipinski definition) is 9. The molecule has 1 aliphatic heterocycles. The number of carbonyl (C=O) groups is 1. The summed E-state index contributed by atoms with van der Waals surface area (Å²) < 4.78 is 44.8. The van der Waals surface area contributed by atoms with E-state index in [-0.39, 0.29) is 36.7 Å². The summed E-state index contributed by atoms with van der Waals surface area (Å²) in [7, 11) is -3.96. The van der Waals surface area contributed by atoms with E-state index in [4.69, 9.17) is 14.5 Å². The summed E-state index contributed by atoms with van der Waals surface area (Å²) in [5.74, 6) is 0.300. The van der Waals surface area contributed by atoms with E-state index in [2.05, 4.69) is 16.1 Å². The molecule has 3 N–H and O–H groups in total. The van der Waals surface area contributed by atoms with Crippen LogP contribution in [0.5, 0.6) is 0 Å². The average Bonchev–Trinajstić information content (AvgIpc) is 3.71. The van der Waals surface area contributed by atoms with Gasteiger partial charge in [-0.2, -0.15) is 4.72 Å². The predicted molar refractivity (Wildman–Crippen MR) is 238 cm³/mol. The number of aliphatic hydroxyl groups is 1. The molecule has 60 heavy (non-hydrogen) atoms. The molecule has 0 bridgehead atoms. The molecule has 7 aromatic rings. The van der Waals surface area contributed by atoms with Crippen LogP contribution >= 0.6 is 23.1 Å². The first kappa shape index (κ1) is 41.5. The molecule has 0 radical (unpaired) electrons. The molecule has 306 valence electrons. The Labute approximate surface area is 358 Å². The molecule has 8 rings (SSSR count). The maximum atomic E-state index is 13.7. The maximum Gasteiger partial charge on any atom is 0.241 e. The number of carbonyl (C=O) groups excluding carboxylic acids is 1. The van der Waals surface area contributed by atoms with Crippen LogP contribution in [0.25, 0.3) is 21.3 Å². The molecule has 1 aliphatic rings. The van der Waals surface area contributed by atoms with E-state index in [1.165, 1.54) is 0 Å². The van der Waals surface area contributed by atoms with E-state index in [0.29, 0.717) is 6.42 Å². The van der Waals surface area contributed by atoms with Crippen LogP contribution in [0.1, 0.15) is 52.2 Å². The molecule has 0 spiro atoms. The lowest BCUT2D eigenvalue weighted by atomic mass is 9.99. The molecule has 0 saturated carbocycles. The number of thiazole rings is 1. The molecule has 2 heterocycles. The molecule has 1 fully saturated rings. The van der Waals surface area contributed by atoms with Gasteiger partial charge in [-0.15, -0.1) is 11.3 Å². The Morgan fingerprint density at radius 3 is 2.27 bits per heavy atom. The number of aliphatic hydroxyl groups excluding tert-OH is 1. The molecule has 1 saturated heterocycles. The van der Waals surface area contributed by atoms with E-state index in [1.54, 1.807) is 47.4 Å². The van der Waals surface area contributed by atoms with Crippen LogP contribution in [0.4, 0.5) is 0 Å². The third-order valence-corrected chi connectivity index (χ3v) is 14.2. The summed E-state index contributed by atoms with van der Waals surface area (Å²) >= 11 is 3.39. The van der Waals surface area contributed by atoms with Gasteiger partial charge in [0, 0.05) is 24.3 Å². The van der Waals surface area contributed by atoms with Crippen molar-refractivity contribution < 1.29 is 27.8 Å². The van der Waals surface area contributed by atoms with Crippen LogP contribution in [-0.4, -0.2) is 42.3 Å². The van der Waals surface area contributed by atoms with Crippen molar-refractivity contribution in [2.24, 2.45) is 0 Å². The van der Waals surface area contributed by atoms with Gasteiger partial charge in [-0.3, -0.25) is 4.79 Å². The molecule has 6 aromatic carbocycles. The first-order valence-electron chi connectivity index (χ1n) is 19.8. The Morgan fingerprint density at radius 1 is 0.800 bits per heavy atom. The van der Waals surface area contributed by atoms with Crippen molar-refractivity contribution in [1.82, 2.24) is 15.0 Å². The SMILES string of the molecule is Cc1ccc(S(=O)(=O)N[C@H](Cc2ccccc2)C(=O)NCc2cccc(-c3ccc([C@@H]4O[C@H](CSc5nc6ccccc6s5)C[C@H](c5ccc(CO)cc5)O4)cc3)c2)cc1. The number of sulfonamides is 1. The fraction of sp³-hybridized carbons (Fsp3) is 0.208. The topological polar surface area (TPSA) is 127 Å². The third-order valence-electron chi connectivity index (χ3n) is 10.4. The van der Waals surface area contributed by atoms with Crippen molar-refractivity contribution in [2.45, 2.75) is 66.7 Å². The molecule has 4 atom stereocenters. The average molecular weight is 856 g/mol. The first-order valence-corrected chi connectivity index (χ1v) is 23.1. The maximum absolute atomic E-state index is 13.7. The zero-order chi connectivity index (χ0) is 41.5. The minimum absolute atomic E-state index is 0.0169. The van der Waals surface area contributed by atoms with E-state index < -0.39 is 28.3 Å². The Balaban J connectivity index is 0.949. The number of amides is 1. The van der Waals surface area contributed by atoms with E-state index in [0.717, 1.165) is 64.8 Å². The Bertz CT molecular complexity index is 2600. The van der Waals surface area contributed by atoms with Gasteiger partial charge < -0.3 is 19.9 Å². The Morgan fingerprint density at radius 2 is 1.52 bits per heavy atom. The molecule has 9 nitrogen and oxygen atoms in total. The van der Waals surface area contributed by atoms with Gasteiger partial charge in [0.2, 0.25) is 15.9 Å². The van der Waals surface area contributed by atoms with Crippen LogP contribution in [0, 0.1) is 6.92 Å². The number of fused-ring (bicyclic) bond motifs is 1. The molecule has 1 amide bonds. The van der Waals surface area contributed by atoms with Crippen LogP contribution in [-0.2, 0) is 43.9 Å². The fourth-order valence-electron chi connectivity index (χ4n) is 7.12. The van der Waals surface area contributed by atoms with E-state index in [9.17, 15) is 18.3 Å². The second kappa shape index (κ2) is 19.0. The summed E-state index contributed by atoms with van der Waals surface area (Å²) in [6.07, 6.45) is -0.0165. The molecular weight excluding hydrogens is 811 g/mol. The summed E-state index contributed by atoms with van der Waals surface area (Å²) in [6.45, 7) is 2.08. The van der Waals surface area contributed by atoms with Crippen molar-refractivity contribution in [1.29, 1.82) is 0 Å². The minimum atomic E-state index is -3.96. The highest BCUT2D eigenvalue weighted by molar-refractivity contribution is 8.01. The highest BCUT2D eigenvalue weighted by Crippen LogP contribution is 2.40. The number of aromatic nitrogens is 1. The second-order valence-electron chi connectivity index (χ2n) is 14.8. The van der Waals surface area contributed by atoms with Gasteiger partial charge in [-0.25, -0.2) is 13.4 Å². The normalized spacial score (nSPS) is 17.3. The van der Waals surface area contributed by atoms with Gasteiger partial charge in [0.15, 0.2) is 10.6 Å². The molecule has 12 heteroatoms. The summed E-state index contributed by atoms with van der Waals surface area (Å²) in [6, 6.07) is 47.0. The van der Waals surface area contributed by atoms with Gasteiger partial charge in [0.05, 0.1) is 33.9 Å².